The fourth-order valence-electron chi connectivity index (χ4n) is 2.01. The van der Waals surface area contributed by atoms with E-state index in [1.165, 1.54) is 0 Å². The summed E-state index contributed by atoms with van der Waals surface area (Å²) in [6, 6.07) is 13.3. The summed E-state index contributed by atoms with van der Waals surface area (Å²) in [6.07, 6.45) is 0. The van der Waals surface area contributed by atoms with Crippen LogP contribution in [0.25, 0.3) is 0 Å². The number of nitrogens with zero attached hydrogens (tertiary/aromatic N) is 3. The maximum Gasteiger partial charge on any atom is 0.278 e. The van der Waals surface area contributed by atoms with Crippen molar-refractivity contribution < 1.29 is 4.79 Å². The lowest BCUT2D eigenvalue weighted by Gasteiger charge is -2.20. The fraction of sp³-hybridized carbons (Fsp3) is 0.312. The second-order valence-electron chi connectivity index (χ2n) is 4.99. The first-order chi connectivity index (χ1) is 10.1. The SMILES string of the molecule is CCN(C(=O)c1ccc(NC(C)C)nn1)c1ccccc1. The Balaban J connectivity index is 2.18. The van der Waals surface area contributed by atoms with Crippen molar-refractivity contribution in [3.8, 4) is 0 Å². The van der Waals surface area contributed by atoms with Gasteiger partial charge >= 0.3 is 0 Å². The molecule has 0 unspecified atom stereocenters. The third-order valence-corrected chi connectivity index (χ3v) is 2.95. The molecule has 0 aliphatic carbocycles. The Morgan fingerprint density at radius 3 is 2.38 bits per heavy atom. The molecule has 2 rings (SSSR count). The Bertz CT molecular complexity index is 581. The molecule has 1 heterocycles. The van der Waals surface area contributed by atoms with Gasteiger partial charge in [0.15, 0.2) is 5.69 Å². The number of hydrogen-bond donors (Lipinski definition) is 1. The minimum atomic E-state index is -0.146. The topological polar surface area (TPSA) is 58.1 Å². The maximum atomic E-state index is 12.5. The predicted octanol–water partition coefficient (Wildman–Crippen LogP) is 2.96. The maximum absolute atomic E-state index is 12.5. The molecule has 0 atom stereocenters. The van der Waals surface area contributed by atoms with E-state index in [0.717, 1.165) is 5.69 Å². The van der Waals surface area contributed by atoms with Crippen molar-refractivity contribution in [2.75, 3.05) is 16.8 Å². The average molecular weight is 284 g/mol. The molecule has 0 aliphatic rings. The molecule has 1 aromatic heterocycles. The van der Waals surface area contributed by atoms with Gasteiger partial charge in [0.1, 0.15) is 5.82 Å². The van der Waals surface area contributed by atoms with Gasteiger partial charge in [-0.3, -0.25) is 4.79 Å². The van der Waals surface area contributed by atoms with Crippen LogP contribution >= 0.6 is 0 Å². The molecule has 0 saturated carbocycles. The van der Waals surface area contributed by atoms with Crippen LogP contribution in [0.4, 0.5) is 11.5 Å². The van der Waals surface area contributed by atoms with E-state index in [4.69, 9.17) is 0 Å². The van der Waals surface area contributed by atoms with Crippen molar-refractivity contribution in [2.45, 2.75) is 26.8 Å². The number of amides is 1. The van der Waals surface area contributed by atoms with Gasteiger partial charge in [-0.05, 0) is 45.0 Å². The normalized spacial score (nSPS) is 10.5. The Morgan fingerprint density at radius 2 is 1.86 bits per heavy atom. The lowest BCUT2D eigenvalue weighted by molar-refractivity contribution is 0.0982. The van der Waals surface area contributed by atoms with Gasteiger partial charge in [-0.1, -0.05) is 18.2 Å². The average Bonchev–Trinajstić information content (AvgIpc) is 2.49. The Hall–Kier alpha value is -2.43. The van der Waals surface area contributed by atoms with E-state index < -0.39 is 0 Å². The number of rotatable bonds is 5. The van der Waals surface area contributed by atoms with Crippen LogP contribution in [0.5, 0.6) is 0 Å². The fourth-order valence-corrected chi connectivity index (χ4v) is 2.01. The zero-order valence-corrected chi connectivity index (χ0v) is 12.6. The van der Waals surface area contributed by atoms with E-state index >= 15 is 0 Å². The molecular formula is C16H20N4O. The van der Waals surface area contributed by atoms with Gasteiger partial charge in [0, 0.05) is 18.3 Å². The molecule has 5 heteroatoms. The lowest BCUT2D eigenvalue weighted by atomic mass is 10.2. The first kappa shape index (κ1) is 15.0. The van der Waals surface area contributed by atoms with E-state index in [1.54, 1.807) is 17.0 Å². The van der Waals surface area contributed by atoms with Crippen LogP contribution in [0.2, 0.25) is 0 Å². The second kappa shape index (κ2) is 6.83. The van der Waals surface area contributed by atoms with Gasteiger partial charge in [-0.15, -0.1) is 10.2 Å². The number of nitrogens with one attached hydrogen (secondary N) is 1. The molecule has 0 aliphatic heterocycles. The number of benzene rings is 1. The summed E-state index contributed by atoms with van der Waals surface area (Å²) in [5.74, 6) is 0.525. The molecule has 0 radical (unpaired) electrons. The molecule has 110 valence electrons. The number of hydrogen-bond acceptors (Lipinski definition) is 4. The molecule has 1 aromatic carbocycles. The summed E-state index contributed by atoms with van der Waals surface area (Å²) in [6.45, 7) is 6.56. The van der Waals surface area contributed by atoms with Crippen molar-refractivity contribution in [3.63, 3.8) is 0 Å². The Labute approximate surface area is 125 Å². The molecule has 0 bridgehead atoms. The van der Waals surface area contributed by atoms with Gasteiger partial charge < -0.3 is 10.2 Å². The van der Waals surface area contributed by atoms with Gasteiger partial charge in [0.2, 0.25) is 0 Å². The predicted molar refractivity (Wildman–Crippen MR) is 84.6 cm³/mol. The second-order valence-corrected chi connectivity index (χ2v) is 4.99. The number of carbonyl (C=O) groups is 1. The van der Waals surface area contributed by atoms with Crippen LogP contribution in [-0.2, 0) is 0 Å². The molecule has 1 N–H and O–H groups in total. The van der Waals surface area contributed by atoms with E-state index in [9.17, 15) is 4.79 Å². The highest BCUT2D eigenvalue weighted by Gasteiger charge is 2.17. The van der Waals surface area contributed by atoms with Crippen molar-refractivity contribution >= 4 is 17.4 Å². The number of para-hydroxylation sites is 1. The van der Waals surface area contributed by atoms with Crippen molar-refractivity contribution in [3.05, 3.63) is 48.2 Å². The molecule has 0 saturated heterocycles. The molecule has 1 amide bonds. The number of anilines is 2. The zero-order valence-electron chi connectivity index (χ0n) is 12.6. The summed E-state index contributed by atoms with van der Waals surface area (Å²) >= 11 is 0. The number of carbonyl (C=O) groups excluding carboxylic acids is 1. The lowest BCUT2D eigenvalue weighted by Crippen LogP contribution is -2.31. The van der Waals surface area contributed by atoms with Gasteiger partial charge in [0.05, 0.1) is 0 Å². The van der Waals surface area contributed by atoms with E-state index in [1.807, 2.05) is 51.1 Å². The van der Waals surface area contributed by atoms with Crippen molar-refractivity contribution in [1.29, 1.82) is 0 Å². The highest BCUT2D eigenvalue weighted by Crippen LogP contribution is 2.16. The third-order valence-electron chi connectivity index (χ3n) is 2.95. The molecule has 2 aromatic rings. The molecule has 0 spiro atoms. The standard InChI is InChI=1S/C16H20N4O/c1-4-20(13-8-6-5-7-9-13)16(21)14-10-11-15(19-18-14)17-12(2)3/h5-12H,4H2,1-3H3,(H,17,19). The Kier molecular flexibility index (Phi) is 4.87. The summed E-state index contributed by atoms with van der Waals surface area (Å²) < 4.78 is 0. The van der Waals surface area contributed by atoms with Gasteiger partial charge in [-0.2, -0.15) is 0 Å². The van der Waals surface area contributed by atoms with Crippen molar-refractivity contribution in [2.24, 2.45) is 0 Å². The largest absolute Gasteiger partial charge is 0.366 e. The van der Waals surface area contributed by atoms with E-state index in [0.29, 0.717) is 18.1 Å². The minimum Gasteiger partial charge on any atom is -0.366 e. The van der Waals surface area contributed by atoms with Crippen molar-refractivity contribution in [1.82, 2.24) is 10.2 Å². The first-order valence-corrected chi connectivity index (χ1v) is 7.09. The third kappa shape index (κ3) is 3.78. The van der Waals surface area contributed by atoms with E-state index in [2.05, 4.69) is 15.5 Å². The smallest absolute Gasteiger partial charge is 0.278 e. The summed E-state index contributed by atoms with van der Waals surface area (Å²) in [4.78, 5) is 14.2. The minimum absolute atomic E-state index is 0.146. The Morgan fingerprint density at radius 1 is 1.14 bits per heavy atom. The van der Waals surface area contributed by atoms with Gasteiger partial charge in [-0.25, -0.2) is 0 Å². The summed E-state index contributed by atoms with van der Waals surface area (Å²) in [5, 5.41) is 11.2. The molecule has 0 fully saturated rings. The monoisotopic (exact) mass is 284 g/mol. The van der Waals surface area contributed by atoms with Crippen LogP contribution in [0, 0.1) is 0 Å². The first-order valence-electron chi connectivity index (χ1n) is 7.09. The molecule has 5 nitrogen and oxygen atoms in total. The van der Waals surface area contributed by atoms with Crippen LogP contribution in [0.3, 0.4) is 0 Å². The molecular weight excluding hydrogens is 264 g/mol. The van der Waals surface area contributed by atoms with Crippen LogP contribution < -0.4 is 10.2 Å². The highest BCUT2D eigenvalue weighted by atomic mass is 16.2. The van der Waals surface area contributed by atoms with Crippen LogP contribution in [-0.4, -0.2) is 28.7 Å². The zero-order chi connectivity index (χ0) is 15.2. The summed E-state index contributed by atoms with van der Waals surface area (Å²) in [7, 11) is 0. The molecule has 21 heavy (non-hydrogen) atoms. The number of aromatic nitrogens is 2. The quantitative estimate of drug-likeness (QED) is 0.917. The van der Waals surface area contributed by atoms with Crippen LogP contribution in [0.1, 0.15) is 31.3 Å². The van der Waals surface area contributed by atoms with Crippen LogP contribution in [0.15, 0.2) is 42.5 Å². The highest BCUT2D eigenvalue weighted by molar-refractivity contribution is 6.04. The van der Waals surface area contributed by atoms with Gasteiger partial charge in [0.25, 0.3) is 5.91 Å². The van der Waals surface area contributed by atoms with E-state index in [-0.39, 0.29) is 11.9 Å². The summed E-state index contributed by atoms with van der Waals surface area (Å²) in [5.41, 5.74) is 1.20.